The van der Waals surface area contributed by atoms with E-state index in [1.807, 2.05) is 19.9 Å². The van der Waals surface area contributed by atoms with Crippen molar-refractivity contribution in [3.05, 3.63) is 35.1 Å². The molecule has 0 aliphatic rings. The molecule has 0 fully saturated rings. The van der Waals surface area contributed by atoms with Crippen LogP contribution in [0.25, 0.3) is 0 Å². The van der Waals surface area contributed by atoms with Crippen LogP contribution in [-0.4, -0.2) is 16.3 Å². The molecule has 3 nitrogen and oxygen atoms in total. The van der Waals surface area contributed by atoms with Gasteiger partial charge >= 0.3 is 5.97 Å². The molecule has 0 aromatic heterocycles. The SMILES string of the molecule is CC(C)C(SCc1ccc(C#N)cc1F)C(=O)O. The van der Waals surface area contributed by atoms with Crippen molar-refractivity contribution in [3.8, 4) is 6.07 Å². The number of aliphatic carboxylic acids is 1. The number of halogens is 1. The number of carboxylic acids is 1. The van der Waals surface area contributed by atoms with Gasteiger partial charge in [0.15, 0.2) is 0 Å². The molecule has 0 saturated carbocycles. The summed E-state index contributed by atoms with van der Waals surface area (Å²) in [6, 6.07) is 6.08. The first kappa shape index (κ1) is 14.5. The molecule has 1 unspecified atom stereocenters. The molecule has 18 heavy (non-hydrogen) atoms. The fraction of sp³-hybridized carbons (Fsp3) is 0.385. The molecule has 0 saturated heterocycles. The highest BCUT2D eigenvalue weighted by Crippen LogP contribution is 2.25. The standard InChI is InChI=1S/C13H14FNO2S/c1-8(2)12(13(16)17)18-7-10-4-3-9(6-15)5-11(10)14/h3-5,8,12H,7H2,1-2H3,(H,16,17). The molecule has 0 amide bonds. The van der Waals surface area contributed by atoms with E-state index in [0.29, 0.717) is 5.56 Å². The number of rotatable bonds is 5. The van der Waals surface area contributed by atoms with Crippen molar-refractivity contribution in [3.63, 3.8) is 0 Å². The number of hydrogen-bond donors (Lipinski definition) is 1. The largest absolute Gasteiger partial charge is 0.480 e. The van der Waals surface area contributed by atoms with E-state index >= 15 is 0 Å². The Hall–Kier alpha value is -1.54. The lowest BCUT2D eigenvalue weighted by Gasteiger charge is -2.15. The van der Waals surface area contributed by atoms with Crippen LogP contribution >= 0.6 is 11.8 Å². The summed E-state index contributed by atoms with van der Waals surface area (Å²) in [6.07, 6.45) is 0. The van der Waals surface area contributed by atoms with Gasteiger partial charge < -0.3 is 5.11 Å². The highest BCUT2D eigenvalue weighted by Gasteiger charge is 2.22. The van der Waals surface area contributed by atoms with Crippen LogP contribution in [-0.2, 0) is 10.5 Å². The molecule has 0 aliphatic carbocycles. The van der Waals surface area contributed by atoms with Gasteiger partial charge in [-0.25, -0.2) is 4.39 Å². The number of carbonyl (C=O) groups is 1. The average Bonchev–Trinajstić information content (AvgIpc) is 2.30. The lowest BCUT2D eigenvalue weighted by atomic mass is 10.1. The first-order chi connectivity index (χ1) is 8.45. The number of hydrogen-bond acceptors (Lipinski definition) is 3. The Morgan fingerprint density at radius 2 is 2.22 bits per heavy atom. The van der Waals surface area contributed by atoms with Crippen molar-refractivity contribution in [1.29, 1.82) is 5.26 Å². The second kappa shape index (κ2) is 6.41. The summed E-state index contributed by atoms with van der Waals surface area (Å²) >= 11 is 1.20. The van der Waals surface area contributed by atoms with Gasteiger partial charge in [-0.2, -0.15) is 5.26 Å². The lowest BCUT2D eigenvalue weighted by molar-refractivity contribution is -0.137. The maximum atomic E-state index is 13.6. The topological polar surface area (TPSA) is 61.1 Å². The molecule has 0 heterocycles. The van der Waals surface area contributed by atoms with Crippen LogP contribution in [0.2, 0.25) is 0 Å². The molecule has 96 valence electrons. The highest BCUT2D eigenvalue weighted by molar-refractivity contribution is 7.99. The van der Waals surface area contributed by atoms with Gasteiger partial charge in [0, 0.05) is 5.75 Å². The van der Waals surface area contributed by atoms with Crippen molar-refractivity contribution < 1.29 is 14.3 Å². The van der Waals surface area contributed by atoms with Gasteiger partial charge in [-0.3, -0.25) is 4.79 Å². The number of carboxylic acid groups (broad SMARTS) is 1. The zero-order chi connectivity index (χ0) is 13.7. The molecule has 0 bridgehead atoms. The summed E-state index contributed by atoms with van der Waals surface area (Å²) in [5.41, 5.74) is 0.686. The van der Waals surface area contributed by atoms with Crippen molar-refractivity contribution in [2.24, 2.45) is 5.92 Å². The van der Waals surface area contributed by atoms with Gasteiger partial charge in [0.1, 0.15) is 11.1 Å². The number of benzene rings is 1. The van der Waals surface area contributed by atoms with Crippen molar-refractivity contribution in [2.75, 3.05) is 0 Å². The Balaban J connectivity index is 2.74. The highest BCUT2D eigenvalue weighted by atomic mass is 32.2. The van der Waals surface area contributed by atoms with Crippen molar-refractivity contribution in [1.82, 2.24) is 0 Å². The van der Waals surface area contributed by atoms with Crippen molar-refractivity contribution >= 4 is 17.7 Å². The average molecular weight is 267 g/mol. The molecule has 1 aromatic carbocycles. The fourth-order valence-electron chi connectivity index (χ4n) is 1.46. The normalized spacial score (nSPS) is 12.2. The molecule has 0 spiro atoms. The van der Waals surface area contributed by atoms with Crippen molar-refractivity contribution in [2.45, 2.75) is 24.9 Å². The van der Waals surface area contributed by atoms with Gasteiger partial charge in [-0.05, 0) is 23.6 Å². The minimum atomic E-state index is -0.885. The van der Waals surface area contributed by atoms with Gasteiger partial charge in [-0.1, -0.05) is 19.9 Å². The van der Waals surface area contributed by atoms with Crippen LogP contribution in [0.3, 0.4) is 0 Å². The van der Waals surface area contributed by atoms with Crippen LogP contribution in [0.4, 0.5) is 4.39 Å². The summed E-state index contributed by atoms with van der Waals surface area (Å²) in [6.45, 7) is 3.64. The van der Waals surface area contributed by atoms with Gasteiger partial charge in [0.25, 0.3) is 0 Å². The Kier molecular flexibility index (Phi) is 5.17. The molecular formula is C13H14FNO2S. The number of nitriles is 1. The van der Waals surface area contributed by atoms with Crippen LogP contribution < -0.4 is 0 Å². The zero-order valence-electron chi connectivity index (χ0n) is 10.2. The first-order valence-corrected chi connectivity index (χ1v) is 6.53. The third-order valence-corrected chi connectivity index (χ3v) is 4.03. The van der Waals surface area contributed by atoms with E-state index in [9.17, 15) is 9.18 Å². The summed E-state index contributed by atoms with van der Waals surface area (Å²) in [5.74, 6) is -1.08. The maximum absolute atomic E-state index is 13.6. The first-order valence-electron chi connectivity index (χ1n) is 5.48. The Morgan fingerprint density at radius 1 is 1.56 bits per heavy atom. The molecule has 0 aliphatic heterocycles. The van der Waals surface area contributed by atoms with Gasteiger partial charge in [0.2, 0.25) is 0 Å². The summed E-state index contributed by atoms with van der Waals surface area (Å²) in [5, 5.41) is 17.1. The van der Waals surface area contributed by atoms with Crippen LogP contribution in [0.15, 0.2) is 18.2 Å². The van der Waals surface area contributed by atoms with E-state index in [1.54, 1.807) is 0 Å². The molecular weight excluding hydrogens is 253 g/mol. The predicted octanol–water partition coefficient (Wildman–Crippen LogP) is 3.04. The maximum Gasteiger partial charge on any atom is 0.316 e. The monoisotopic (exact) mass is 267 g/mol. The van der Waals surface area contributed by atoms with E-state index in [-0.39, 0.29) is 17.2 Å². The third-order valence-electron chi connectivity index (χ3n) is 2.45. The number of nitrogens with zero attached hydrogens (tertiary/aromatic N) is 1. The number of thioether (sulfide) groups is 1. The Morgan fingerprint density at radius 3 is 2.67 bits per heavy atom. The van der Waals surface area contributed by atoms with E-state index in [2.05, 4.69) is 0 Å². The van der Waals surface area contributed by atoms with E-state index in [1.165, 1.54) is 30.0 Å². The van der Waals surface area contributed by atoms with Crippen LogP contribution in [0.5, 0.6) is 0 Å². The summed E-state index contributed by atoms with van der Waals surface area (Å²) in [4.78, 5) is 11.0. The fourth-order valence-corrected chi connectivity index (χ4v) is 2.58. The summed E-state index contributed by atoms with van der Waals surface area (Å²) in [7, 11) is 0. The van der Waals surface area contributed by atoms with E-state index in [4.69, 9.17) is 10.4 Å². The smallest absolute Gasteiger partial charge is 0.316 e. The summed E-state index contributed by atoms with van der Waals surface area (Å²) < 4.78 is 13.6. The second-order valence-electron chi connectivity index (χ2n) is 4.23. The van der Waals surface area contributed by atoms with E-state index < -0.39 is 17.0 Å². The predicted molar refractivity (Wildman–Crippen MR) is 68.7 cm³/mol. The minimum Gasteiger partial charge on any atom is -0.480 e. The lowest BCUT2D eigenvalue weighted by Crippen LogP contribution is -2.22. The van der Waals surface area contributed by atoms with Gasteiger partial charge in [-0.15, -0.1) is 11.8 Å². The van der Waals surface area contributed by atoms with Crippen LogP contribution in [0, 0.1) is 23.1 Å². The molecule has 1 N–H and O–H groups in total. The van der Waals surface area contributed by atoms with Gasteiger partial charge in [0.05, 0.1) is 11.6 Å². The third kappa shape index (κ3) is 3.74. The molecule has 5 heteroatoms. The minimum absolute atomic E-state index is 0.0195. The second-order valence-corrected chi connectivity index (χ2v) is 5.36. The molecule has 0 radical (unpaired) electrons. The van der Waals surface area contributed by atoms with Crippen LogP contribution in [0.1, 0.15) is 25.0 Å². The molecule has 1 atom stereocenters. The van der Waals surface area contributed by atoms with E-state index in [0.717, 1.165) is 0 Å². The molecule has 1 rings (SSSR count). The Bertz CT molecular complexity index is 482. The quantitative estimate of drug-likeness (QED) is 0.890. The molecule has 1 aromatic rings. The Labute approximate surface area is 110 Å². The zero-order valence-corrected chi connectivity index (χ0v) is 11.0.